The van der Waals surface area contributed by atoms with Gasteiger partial charge in [-0.1, -0.05) is 40.0 Å². The van der Waals surface area contributed by atoms with E-state index in [9.17, 15) is 4.79 Å². The Labute approximate surface area is 178 Å². The van der Waals surface area contributed by atoms with Crippen LogP contribution in [0.15, 0.2) is 0 Å². The van der Waals surface area contributed by atoms with Crippen molar-refractivity contribution in [2.75, 3.05) is 11.9 Å². The standard InChI is InChI=1S/C22H34N2O2S2/c1-5-26-20(25)18-16-12-11-14(22(2,3)4)13-17(16)28-19(18)24-21(27)23-15-9-7-6-8-10-15/h14-15H,5-13H2,1-4H3,(H2,23,24,27)/t14-/m1/s1. The molecule has 4 nitrogen and oxygen atoms in total. The summed E-state index contributed by atoms with van der Waals surface area (Å²) in [5.74, 6) is 0.408. The van der Waals surface area contributed by atoms with Crippen LogP contribution in [-0.2, 0) is 17.6 Å². The molecule has 1 fully saturated rings. The fraction of sp³-hybridized carbons (Fsp3) is 0.727. The van der Waals surface area contributed by atoms with E-state index in [1.807, 2.05) is 6.92 Å². The fourth-order valence-corrected chi connectivity index (χ4v) is 6.06. The van der Waals surface area contributed by atoms with Gasteiger partial charge in [0.15, 0.2) is 5.11 Å². The first kappa shape index (κ1) is 21.6. The van der Waals surface area contributed by atoms with Gasteiger partial charge < -0.3 is 15.4 Å². The van der Waals surface area contributed by atoms with Crippen LogP contribution < -0.4 is 10.6 Å². The smallest absolute Gasteiger partial charge is 0.341 e. The third kappa shape index (κ3) is 5.07. The maximum Gasteiger partial charge on any atom is 0.341 e. The first-order valence-corrected chi connectivity index (χ1v) is 11.9. The number of carbonyl (C=O) groups excluding carboxylic acids is 1. The monoisotopic (exact) mass is 422 g/mol. The molecule has 1 saturated carbocycles. The summed E-state index contributed by atoms with van der Waals surface area (Å²) in [6.07, 6.45) is 9.25. The second-order valence-electron chi connectivity index (χ2n) is 9.17. The Bertz CT molecular complexity index is 715. The molecule has 2 aliphatic carbocycles. The molecule has 0 amide bonds. The Hall–Kier alpha value is -1.14. The van der Waals surface area contributed by atoms with Gasteiger partial charge in [0.1, 0.15) is 5.00 Å². The van der Waals surface area contributed by atoms with E-state index in [1.165, 1.54) is 42.5 Å². The average molecular weight is 423 g/mol. The van der Waals surface area contributed by atoms with E-state index in [0.717, 1.165) is 24.3 Å². The van der Waals surface area contributed by atoms with Crippen molar-refractivity contribution in [1.29, 1.82) is 0 Å². The van der Waals surface area contributed by atoms with Crippen LogP contribution in [0.2, 0.25) is 0 Å². The van der Waals surface area contributed by atoms with Crippen LogP contribution in [0.5, 0.6) is 0 Å². The van der Waals surface area contributed by atoms with Crippen molar-refractivity contribution in [3.63, 3.8) is 0 Å². The molecule has 28 heavy (non-hydrogen) atoms. The summed E-state index contributed by atoms with van der Waals surface area (Å²) >= 11 is 7.27. The lowest BCUT2D eigenvalue weighted by Crippen LogP contribution is -2.38. The predicted octanol–water partition coefficient (Wildman–Crippen LogP) is 5.69. The van der Waals surface area contributed by atoms with Crippen LogP contribution in [0.3, 0.4) is 0 Å². The summed E-state index contributed by atoms with van der Waals surface area (Å²) in [4.78, 5) is 14.0. The minimum atomic E-state index is -0.225. The van der Waals surface area contributed by atoms with Gasteiger partial charge in [0.25, 0.3) is 0 Å². The Kier molecular flexibility index (Phi) is 7.02. The third-order valence-electron chi connectivity index (χ3n) is 6.14. The van der Waals surface area contributed by atoms with Gasteiger partial charge in [-0.2, -0.15) is 0 Å². The molecule has 0 bridgehead atoms. The van der Waals surface area contributed by atoms with Crippen LogP contribution in [-0.4, -0.2) is 23.7 Å². The van der Waals surface area contributed by atoms with Crippen LogP contribution in [0.1, 0.15) is 87.0 Å². The van der Waals surface area contributed by atoms with Crippen molar-refractivity contribution in [3.05, 3.63) is 16.0 Å². The lowest BCUT2D eigenvalue weighted by Gasteiger charge is -2.33. The minimum Gasteiger partial charge on any atom is -0.462 e. The number of carbonyl (C=O) groups is 1. The van der Waals surface area contributed by atoms with Crippen LogP contribution in [0.4, 0.5) is 5.00 Å². The molecule has 1 atom stereocenters. The molecule has 0 aliphatic heterocycles. The Morgan fingerprint density at radius 1 is 1.21 bits per heavy atom. The molecule has 0 unspecified atom stereocenters. The van der Waals surface area contributed by atoms with Crippen molar-refractivity contribution in [2.45, 2.75) is 85.1 Å². The van der Waals surface area contributed by atoms with Gasteiger partial charge in [0.2, 0.25) is 0 Å². The molecular weight excluding hydrogens is 388 g/mol. The van der Waals surface area contributed by atoms with Gasteiger partial charge >= 0.3 is 5.97 Å². The quantitative estimate of drug-likeness (QED) is 0.482. The number of esters is 1. The van der Waals surface area contributed by atoms with Gasteiger partial charge in [-0.05, 0) is 68.1 Å². The maximum atomic E-state index is 12.7. The molecule has 3 rings (SSSR count). The highest BCUT2D eigenvalue weighted by Gasteiger charge is 2.34. The van der Waals surface area contributed by atoms with Crippen molar-refractivity contribution in [3.8, 4) is 0 Å². The second-order valence-corrected chi connectivity index (χ2v) is 10.7. The number of fused-ring (bicyclic) bond motifs is 1. The summed E-state index contributed by atoms with van der Waals surface area (Å²) in [7, 11) is 0. The highest BCUT2D eigenvalue weighted by molar-refractivity contribution is 7.80. The van der Waals surface area contributed by atoms with Crippen LogP contribution >= 0.6 is 23.6 Å². The van der Waals surface area contributed by atoms with E-state index in [0.29, 0.717) is 29.2 Å². The van der Waals surface area contributed by atoms with Gasteiger partial charge in [-0.3, -0.25) is 0 Å². The number of rotatable bonds is 4. The van der Waals surface area contributed by atoms with Crippen molar-refractivity contribution in [1.82, 2.24) is 5.32 Å². The number of anilines is 1. The SMILES string of the molecule is CCOC(=O)c1c(NC(=S)NC2CCCCC2)sc2c1CC[C@@H](C(C)(C)C)C2. The van der Waals surface area contributed by atoms with E-state index < -0.39 is 0 Å². The van der Waals surface area contributed by atoms with Gasteiger partial charge in [0, 0.05) is 10.9 Å². The lowest BCUT2D eigenvalue weighted by molar-refractivity contribution is 0.0526. The molecule has 0 aromatic carbocycles. The van der Waals surface area contributed by atoms with Crippen LogP contribution in [0.25, 0.3) is 0 Å². The Balaban J connectivity index is 1.80. The van der Waals surface area contributed by atoms with E-state index in [4.69, 9.17) is 17.0 Å². The Morgan fingerprint density at radius 2 is 1.93 bits per heavy atom. The van der Waals surface area contributed by atoms with Crippen LogP contribution in [0, 0.1) is 11.3 Å². The fourth-order valence-electron chi connectivity index (χ4n) is 4.40. The van der Waals surface area contributed by atoms with E-state index in [1.54, 1.807) is 11.3 Å². The topological polar surface area (TPSA) is 50.4 Å². The number of hydrogen-bond donors (Lipinski definition) is 2. The van der Waals surface area contributed by atoms with Crippen molar-refractivity contribution < 1.29 is 9.53 Å². The zero-order chi connectivity index (χ0) is 20.3. The second kappa shape index (κ2) is 9.12. The maximum absolute atomic E-state index is 12.7. The molecule has 156 valence electrons. The highest BCUT2D eigenvalue weighted by Crippen LogP contribution is 2.44. The molecule has 0 radical (unpaired) electrons. The molecule has 6 heteroatoms. The van der Waals surface area contributed by atoms with E-state index >= 15 is 0 Å². The largest absolute Gasteiger partial charge is 0.462 e. The zero-order valence-electron chi connectivity index (χ0n) is 17.7. The first-order valence-electron chi connectivity index (χ1n) is 10.7. The number of thiocarbonyl (C=S) groups is 1. The first-order chi connectivity index (χ1) is 13.3. The number of nitrogens with one attached hydrogen (secondary N) is 2. The summed E-state index contributed by atoms with van der Waals surface area (Å²) in [6.45, 7) is 9.17. The van der Waals surface area contributed by atoms with Crippen molar-refractivity contribution in [2.24, 2.45) is 11.3 Å². The molecule has 0 spiro atoms. The molecule has 2 aliphatic rings. The van der Waals surface area contributed by atoms with Crippen molar-refractivity contribution >= 4 is 39.6 Å². The molecule has 0 saturated heterocycles. The van der Waals surface area contributed by atoms with E-state index in [-0.39, 0.29) is 11.4 Å². The minimum absolute atomic E-state index is 0.225. The molecule has 1 aromatic heterocycles. The summed E-state index contributed by atoms with van der Waals surface area (Å²) < 4.78 is 5.38. The summed E-state index contributed by atoms with van der Waals surface area (Å²) in [5.41, 5.74) is 2.16. The molecule has 1 aromatic rings. The highest BCUT2D eigenvalue weighted by atomic mass is 32.1. The molecule has 1 heterocycles. The molecule has 2 N–H and O–H groups in total. The Morgan fingerprint density at radius 3 is 2.57 bits per heavy atom. The molecular formula is C22H34N2O2S2. The number of hydrogen-bond acceptors (Lipinski definition) is 4. The van der Waals surface area contributed by atoms with E-state index in [2.05, 4.69) is 31.4 Å². The summed E-state index contributed by atoms with van der Waals surface area (Å²) in [5, 5.41) is 8.28. The van der Waals surface area contributed by atoms with Gasteiger partial charge in [-0.25, -0.2) is 4.79 Å². The summed E-state index contributed by atoms with van der Waals surface area (Å²) in [6, 6.07) is 0.444. The third-order valence-corrected chi connectivity index (χ3v) is 7.53. The zero-order valence-corrected chi connectivity index (χ0v) is 19.3. The normalized spacial score (nSPS) is 20.4. The predicted molar refractivity (Wildman–Crippen MR) is 121 cm³/mol. The average Bonchev–Trinajstić information content (AvgIpc) is 2.98. The lowest BCUT2D eigenvalue weighted by atomic mass is 9.72. The van der Waals surface area contributed by atoms with Gasteiger partial charge in [-0.15, -0.1) is 11.3 Å². The number of thiophene rings is 1. The number of ether oxygens (including phenoxy) is 1. The van der Waals surface area contributed by atoms with Gasteiger partial charge in [0.05, 0.1) is 12.2 Å².